The van der Waals surface area contributed by atoms with E-state index in [1.807, 2.05) is 49.9 Å². The molecule has 2 aromatic rings. The third-order valence-electron chi connectivity index (χ3n) is 5.22. The Morgan fingerprint density at radius 1 is 1.23 bits per heavy atom. The van der Waals surface area contributed by atoms with Gasteiger partial charge in [-0.1, -0.05) is 31.1 Å². The van der Waals surface area contributed by atoms with E-state index in [2.05, 4.69) is 21.9 Å². The van der Waals surface area contributed by atoms with Gasteiger partial charge >= 0.3 is 6.01 Å². The van der Waals surface area contributed by atoms with E-state index in [1.165, 1.54) is 0 Å². The van der Waals surface area contributed by atoms with Crippen molar-refractivity contribution in [1.82, 2.24) is 10.2 Å². The highest BCUT2D eigenvalue weighted by Crippen LogP contribution is 2.25. The van der Waals surface area contributed by atoms with Crippen molar-refractivity contribution in [1.29, 1.82) is 0 Å². The summed E-state index contributed by atoms with van der Waals surface area (Å²) < 4.78 is 18.2. The summed E-state index contributed by atoms with van der Waals surface area (Å²) in [5.74, 6) is 0.298. The van der Waals surface area contributed by atoms with Gasteiger partial charge in [-0.25, -0.2) is 4.99 Å². The molecule has 0 radical (unpaired) electrons. The minimum atomic E-state index is -1.03. The molecule has 1 unspecified atom stereocenters. The van der Waals surface area contributed by atoms with Crippen LogP contribution in [0.5, 0.6) is 0 Å². The van der Waals surface area contributed by atoms with Crippen LogP contribution >= 0.6 is 0 Å². The average Bonchev–Trinajstić information content (AvgIpc) is 3.26. The number of nitrogens with zero attached hydrogens (tertiary/aromatic N) is 5. The second-order valence-electron chi connectivity index (χ2n) is 7.87. The van der Waals surface area contributed by atoms with Crippen molar-refractivity contribution in [2.24, 2.45) is 15.7 Å². The van der Waals surface area contributed by atoms with Crippen LogP contribution in [0.25, 0.3) is 5.70 Å². The maximum Gasteiger partial charge on any atom is 0.318 e. The zero-order chi connectivity index (χ0) is 22.5. The van der Waals surface area contributed by atoms with Crippen LogP contribution < -0.4 is 10.6 Å². The summed E-state index contributed by atoms with van der Waals surface area (Å²) in [5.41, 5.74) is 8.71. The lowest BCUT2D eigenvalue weighted by atomic mass is 10.1. The van der Waals surface area contributed by atoms with Crippen molar-refractivity contribution in [2.75, 3.05) is 18.0 Å². The van der Waals surface area contributed by atoms with E-state index in [9.17, 15) is 4.21 Å². The highest BCUT2D eigenvalue weighted by Gasteiger charge is 2.22. The summed E-state index contributed by atoms with van der Waals surface area (Å²) in [6.45, 7) is 12.8. The number of hydrogen-bond donors (Lipinski definition) is 1. The predicted octanol–water partition coefficient (Wildman–Crippen LogP) is 3.41. The van der Waals surface area contributed by atoms with Gasteiger partial charge in [0, 0.05) is 35.0 Å². The first-order valence-electron chi connectivity index (χ1n) is 10.4. The van der Waals surface area contributed by atoms with Gasteiger partial charge in [-0.2, -0.15) is 0 Å². The van der Waals surface area contributed by atoms with E-state index in [1.54, 1.807) is 6.92 Å². The summed E-state index contributed by atoms with van der Waals surface area (Å²) in [7, 11) is -1.03. The van der Waals surface area contributed by atoms with Crippen LogP contribution in [-0.4, -0.2) is 51.2 Å². The van der Waals surface area contributed by atoms with Gasteiger partial charge in [0.1, 0.15) is 5.70 Å². The molecule has 2 N–H and O–H groups in total. The number of allylic oxidation sites excluding steroid dienone is 1. The van der Waals surface area contributed by atoms with Gasteiger partial charge < -0.3 is 15.1 Å². The number of nitrogens with two attached hydrogens (primary N) is 1. The van der Waals surface area contributed by atoms with Crippen LogP contribution in [-0.2, 0) is 10.8 Å². The monoisotopic (exact) mass is 442 g/mol. The first kappa shape index (κ1) is 23.0. The Bertz CT molecular complexity index is 1000. The average molecular weight is 443 g/mol. The van der Waals surface area contributed by atoms with E-state index >= 15 is 0 Å². The fourth-order valence-corrected chi connectivity index (χ4v) is 4.17. The molecule has 9 heteroatoms. The van der Waals surface area contributed by atoms with Gasteiger partial charge in [0.05, 0.1) is 16.5 Å². The van der Waals surface area contributed by atoms with E-state index < -0.39 is 10.8 Å². The van der Waals surface area contributed by atoms with Gasteiger partial charge in [-0.05, 0) is 51.1 Å². The Kier molecular flexibility index (Phi) is 7.50. The van der Waals surface area contributed by atoms with E-state index in [4.69, 9.17) is 15.1 Å². The summed E-state index contributed by atoms with van der Waals surface area (Å²) in [5, 5.41) is 8.47. The van der Waals surface area contributed by atoms with Crippen LogP contribution in [0.4, 0.5) is 6.01 Å². The third kappa shape index (κ3) is 5.54. The normalized spacial score (nSPS) is 17.6. The summed E-state index contributed by atoms with van der Waals surface area (Å²) >= 11 is 0. The lowest BCUT2D eigenvalue weighted by Crippen LogP contribution is -2.39. The Hall–Kier alpha value is -2.65. The number of benzene rings is 1. The van der Waals surface area contributed by atoms with Gasteiger partial charge in [0.15, 0.2) is 0 Å². The lowest BCUT2D eigenvalue weighted by molar-refractivity contribution is 0.453. The largest absolute Gasteiger partial charge is 0.401 e. The molecular formula is C22H30N6O2S. The molecule has 1 fully saturated rings. The predicted molar refractivity (Wildman–Crippen MR) is 126 cm³/mol. The van der Waals surface area contributed by atoms with Gasteiger partial charge in [-0.15, -0.1) is 5.10 Å². The first-order valence-corrected chi connectivity index (χ1v) is 11.6. The smallest absolute Gasteiger partial charge is 0.318 e. The standard InChI is InChI=1S/C22H30N6O2S/c1-14(2)31(29)19-8-6-17(7-9-19)15(3)25-20(16(4)24-5)21-26-27-22(30-21)28-12-10-18(23)11-13-28/h6-9,14,18H,5,10-13,23H2,1-4H3/b20-16-,25-15?. The van der Waals surface area contributed by atoms with Crippen LogP contribution in [0.2, 0.25) is 0 Å². The van der Waals surface area contributed by atoms with Crippen molar-refractivity contribution in [2.45, 2.75) is 56.7 Å². The van der Waals surface area contributed by atoms with Crippen LogP contribution in [0.1, 0.15) is 52.0 Å². The zero-order valence-electron chi connectivity index (χ0n) is 18.5. The fraction of sp³-hybridized carbons (Fsp3) is 0.455. The minimum Gasteiger partial charge on any atom is -0.401 e. The molecule has 1 aliphatic rings. The highest BCUT2D eigenvalue weighted by molar-refractivity contribution is 7.85. The molecule has 1 saturated heterocycles. The molecule has 1 aromatic heterocycles. The lowest BCUT2D eigenvalue weighted by Gasteiger charge is -2.28. The van der Waals surface area contributed by atoms with Crippen molar-refractivity contribution < 1.29 is 8.63 Å². The number of aliphatic imine (C=N–C) groups is 2. The molecule has 0 aliphatic carbocycles. The van der Waals surface area contributed by atoms with Gasteiger partial charge in [-0.3, -0.25) is 9.20 Å². The van der Waals surface area contributed by atoms with E-state index in [0.29, 0.717) is 23.3 Å². The van der Waals surface area contributed by atoms with E-state index in [-0.39, 0.29) is 11.3 Å². The Morgan fingerprint density at radius 3 is 2.45 bits per heavy atom. The topological polar surface area (TPSA) is 110 Å². The zero-order valence-corrected chi connectivity index (χ0v) is 19.4. The SMILES string of the molecule is C=N/C(C)=C(\N=C(C)c1ccc(S(=O)C(C)C)cc1)c1nnc(N2CCC(N)CC2)o1. The Morgan fingerprint density at radius 2 is 1.87 bits per heavy atom. The molecule has 1 atom stereocenters. The van der Waals surface area contributed by atoms with Crippen molar-refractivity contribution >= 4 is 34.9 Å². The molecule has 0 saturated carbocycles. The first-order chi connectivity index (χ1) is 14.8. The Balaban J connectivity index is 1.86. The number of anilines is 1. The third-order valence-corrected chi connectivity index (χ3v) is 6.81. The van der Waals surface area contributed by atoms with Crippen molar-refractivity contribution in [3.05, 3.63) is 41.4 Å². The fourth-order valence-electron chi connectivity index (χ4n) is 3.22. The van der Waals surface area contributed by atoms with Crippen LogP contribution in [0, 0.1) is 0 Å². The molecule has 1 aromatic carbocycles. The molecule has 31 heavy (non-hydrogen) atoms. The summed E-state index contributed by atoms with van der Waals surface area (Å²) in [4.78, 5) is 11.6. The molecule has 1 aliphatic heterocycles. The second-order valence-corrected chi connectivity index (χ2v) is 9.88. The van der Waals surface area contributed by atoms with Crippen molar-refractivity contribution in [3.8, 4) is 0 Å². The molecule has 166 valence electrons. The van der Waals surface area contributed by atoms with Gasteiger partial charge in [0.25, 0.3) is 5.89 Å². The quantitative estimate of drug-likeness (QED) is 0.658. The molecule has 0 spiro atoms. The molecule has 8 nitrogen and oxygen atoms in total. The summed E-state index contributed by atoms with van der Waals surface area (Å²) in [6, 6.07) is 8.26. The van der Waals surface area contributed by atoms with Crippen LogP contribution in [0.15, 0.2) is 49.3 Å². The maximum absolute atomic E-state index is 12.3. The number of hydrogen-bond acceptors (Lipinski definition) is 8. The molecular weight excluding hydrogens is 412 g/mol. The second kappa shape index (κ2) is 10.1. The molecule has 0 bridgehead atoms. The van der Waals surface area contributed by atoms with Crippen LogP contribution in [0.3, 0.4) is 0 Å². The van der Waals surface area contributed by atoms with E-state index in [0.717, 1.165) is 42.1 Å². The number of piperidine rings is 1. The Labute approximate surface area is 185 Å². The molecule has 2 heterocycles. The van der Waals surface area contributed by atoms with Gasteiger partial charge in [0.2, 0.25) is 0 Å². The maximum atomic E-state index is 12.3. The van der Waals surface area contributed by atoms with Crippen molar-refractivity contribution in [3.63, 3.8) is 0 Å². The number of aromatic nitrogens is 2. The molecule has 0 amide bonds. The highest BCUT2D eigenvalue weighted by atomic mass is 32.2. The summed E-state index contributed by atoms with van der Waals surface area (Å²) in [6.07, 6.45) is 1.78. The molecule has 3 rings (SSSR count). The number of rotatable bonds is 7. The minimum absolute atomic E-state index is 0.0684.